The van der Waals surface area contributed by atoms with Crippen molar-refractivity contribution in [2.75, 3.05) is 6.61 Å². The third kappa shape index (κ3) is 2.90. The molecule has 1 fully saturated rings. The number of ether oxygens (including phenoxy) is 1. The van der Waals surface area contributed by atoms with E-state index in [1.807, 2.05) is 32.0 Å². The zero-order valence-electron chi connectivity index (χ0n) is 12.8. The van der Waals surface area contributed by atoms with Crippen molar-refractivity contribution < 1.29 is 13.9 Å². The highest BCUT2D eigenvalue weighted by Gasteiger charge is 2.32. The number of hydrogen-bond donors (Lipinski definition) is 1. The lowest BCUT2D eigenvalue weighted by atomic mass is 10.0. The Balaban J connectivity index is 1.74. The lowest BCUT2D eigenvalue weighted by molar-refractivity contribution is 0.0799. The standard InChI is InChI=1S/C17H20N2O3/c1-3-13-9-11(2)15(22-13)17(20)19-14-6-8-21-16(14)12-5-4-7-18-10-12/h4-5,7,9-10,14,16H,3,6,8H2,1-2H3,(H,19,20)/t14-,16+/m1/s1. The molecule has 5 heteroatoms. The molecule has 0 unspecified atom stereocenters. The van der Waals surface area contributed by atoms with Crippen molar-refractivity contribution in [3.63, 3.8) is 0 Å². The number of furan rings is 1. The van der Waals surface area contributed by atoms with Gasteiger partial charge in [0.05, 0.1) is 6.04 Å². The van der Waals surface area contributed by atoms with Gasteiger partial charge in [0.1, 0.15) is 11.9 Å². The summed E-state index contributed by atoms with van der Waals surface area (Å²) < 4.78 is 11.4. The lowest BCUT2D eigenvalue weighted by Gasteiger charge is -2.19. The van der Waals surface area contributed by atoms with Crippen molar-refractivity contribution in [2.24, 2.45) is 0 Å². The summed E-state index contributed by atoms with van der Waals surface area (Å²) in [4.78, 5) is 16.6. The zero-order valence-corrected chi connectivity index (χ0v) is 12.8. The minimum Gasteiger partial charge on any atom is -0.456 e. The second-order valence-corrected chi connectivity index (χ2v) is 5.52. The second kappa shape index (κ2) is 6.32. The Hall–Kier alpha value is -2.14. The predicted octanol–water partition coefficient (Wildman–Crippen LogP) is 2.81. The molecule has 1 aliphatic rings. The van der Waals surface area contributed by atoms with Gasteiger partial charge in [-0.15, -0.1) is 0 Å². The van der Waals surface area contributed by atoms with Crippen LogP contribution in [0.1, 0.15) is 46.9 Å². The molecule has 1 aliphatic heterocycles. The normalized spacial score (nSPS) is 21.0. The molecule has 116 valence electrons. The van der Waals surface area contributed by atoms with Crippen molar-refractivity contribution in [2.45, 2.75) is 38.8 Å². The summed E-state index contributed by atoms with van der Waals surface area (Å²) in [6.45, 7) is 4.52. The van der Waals surface area contributed by atoms with Gasteiger partial charge in [-0.3, -0.25) is 9.78 Å². The van der Waals surface area contributed by atoms with Crippen molar-refractivity contribution >= 4 is 5.91 Å². The Kier molecular flexibility index (Phi) is 4.24. The van der Waals surface area contributed by atoms with Crippen LogP contribution in [0.25, 0.3) is 0 Å². The number of rotatable bonds is 4. The van der Waals surface area contributed by atoms with E-state index in [9.17, 15) is 4.79 Å². The summed E-state index contributed by atoms with van der Waals surface area (Å²) in [6.07, 6.45) is 4.91. The van der Waals surface area contributed by atoms with Crippen LogP contribution >= 0.6 is 0 Å². The summed E-state index contributed by atoms with van der Waals surface area (Å²) in [5.74, 6) is 1.05. The molecule has 5 nitrogen and oxygen atoms in total. The average molecular weight is 300 g/mol. The van der Waals surface area contributed by atoms with E-state index in [0.717, 1.165) is 29.7 Å². The van der Waals surface area contributed by atoms with Crippen LogP contribution in [0.5, 0.6) is 0 Å². The summed E-state index contributed by atoms with van der Waals surface area (Å²) in [5.41, 5.74) is 1.85. The van der Waals surface area contributed by atoms with E-state index < -0.39 is 0 Å². The number of carbonyl (C=O) groups is 1. The number of pyridine rings is 1. The largest absolute Gasteiger partial charge is 0.456 e. The molecule has 0 aromatic carbocycles. The van der Waals surface area contributed by atoms with E-state index in [1.165, 1.54) is 0 Å². The summed E-state index contributed by atoms with van der Waals surface area (Å²) in [5, 5.41) is 3.04. The minimum absolute atomic E-state index is 0.0636. The van der Waals surface area contributed by atoms with Gasteiger partial charge in [0.2, 0.25) is 0 Å². The highest BCUT2D eigenvalue weighted by atomic mass is 16.5. The molecule has 3 rings (SSSR count). The van der Waals surface area contributed by atoms with E-state index in [4.69, 9.17) is 9.15 Å². The summed E-state index contributed by atoms with van der Waals surface area (Å²) in [6, 6.07) is 5.69. The number of nitrogens with zero attached hydrogens (tertiary/aromatic N) is 1. The first-order valence-corrected chi connectivity index (χ1v) is 7.60. The Bertz CT molecular complexity index is 651. The predicted molar refractivity (Wildman–Crippen MR) is 81.6 cm³/mol. The van der Waals surface area contributed by atoms with Gasteiger partial charge >= 0.3 is 0 Å². The summed E-state index contributed by atoms with van der Waals surface area (Å²) >= 11 is 0. The highest BCUT2D eigenvalue weighted by molar-refractivity contribution is 5.93. The molecule has 1 N–H and O–H groups in total. The Morgan fingerprint density at radius 1 is 1.50 bits per heavy atom. The molecule has 0 radical (unpaired) electrons. The number of aromatic nitrogens is 1. The molecule has 1 amide bonds. The van der Waals surface area contributed by atoms with Crippen LogP contribution in [-0.2, 0) is 11.2 Å². The smallest absolute Gasteiger partial charge is 0.287 e. The van der Waals surface area contributed by atoms with E-state index in [1.54, 1.807) is 12.4 Å². The number of nitrogens with one attached hydrogen (secondary N) is 1. The molecule has 0 aliphatic carbocycles. The maximum absolute atomic E-state index is 12.5. The van der Waals surface area contributed by atoms with Crippen molar-refractivity contribution in [1.29, 1.82) is 0 Å². The summed E-state index contributed by atoms with van der Waals surface area (Å²) in [7, 11) is 0. The molecular weight excluding hydrogens is 280 g/mol. The van der Waals surface area contributed by atoms with Gasteiger partial charge in [0.15, 0.2) is 5.76 Å². The molecule has 3 heterocycles. The van der Waals surface area contributed by atoms with Crippen molar-refractivity contribution in [3.8, 4) is 0 Å². The molecule has 0 saturated carbocycles. The highest BCUT2D eigenvalue weighted by Crippen LogP contribution is 2.29. The van der Waals surface area contributed by atoms with Gasteiger partial charge in [-0.25, -0.2) is 0 Å². The minimum atomic E-state index is -0.179. The SMILES string of the molecule is CCc1cc(C)c(C(=O)N[C@@H]2CCO[C@H]2c2cccnc2)o1. The Labute approximate surface area is 129 Å². The number of hydrogen-bond acceptors (Lipinski definition) is 4. The van der Waals surface area contributed by atoms with Crippen LogP contribution in [0.4, 0.5) is 0 Å². The topological polar surface area (TPSA) is 64.4 Å². The molecule has 2 atom stereocenters. The fourth-order valence-electron chi connectivity index (χ4n) is 2.79. The molecule has 2 aromatic rings. The van der Waals surface area contributed by atoms with E-state index in [2.05, 4.69) is 10.3 Å². The monoisotopic (exact) mass is 300 g/mol. The van der Waals surface area contributed by atoms with E-state index in [-0.39, 0.29) is 18.1 Å². The van der Waals surface area contributed by atoms with Gasteiger partial charge in [0, 0.05) is 36.5 Å². The zero-order chi connectivity index (χ0) is 15.5. The van der Waals surface area contributed by atoms with E-state index >= 15 is 0 Å². The Morgan fingerprint density at radius 3 is 3.05 bits per heavy atom. The molecule has 22 heavy (non-hydrogen) atoms. The van der Waals surface area contributed by atoms with Crippen LogP contribution in [-0.4, -0.2) is 23.5 Å². The van der Waals surface area contributed by atoms with Crippen LogP contribution < -0.4 is 5.32 Å². The van der Waals surface area contributed by atoms with Crippen LogP contribution in [0, 0.1) is 6.92 Å². The quantitative estimate of drug-likeness (QED) is 0.943. The van der Waals surface area contributed by atoms with Crippen molar-refractivity contribution in [3.05, 3.63) is 53.2 Å². The fraction of sp³-hybridized carbons (Fsp3) is 0.412. The molecule has 2 aromatic heterocycles. The first-order valence-electron chi connectivity index (χ1n) is 7.60. The van der Waals surface area contributed by atoms with Crippen molar-refractivity contribution in [1.82, 2.24) is 10.3 Å². The van der Waals surface area contributed by atoms with Crippen LogP contribution in [0.2, 0.25) is 0 Å². The molecule has 0 spiro atoms. The fourth-order valence-corrected chi connectivity index (χ4v) is 2.79. The van der Waals surface area contributed by atoms with Gasteiger partial charge in [-0.05, 0) is 25.5 Å². The molecule has 1 saturated heterocycles. The number of carbonyl (C=O) groups excluding carboxylic acids is 1. The Morgan fingerprint density at radius 2 is 2.36 bits per heavy atom. The molecule has 0 bridgehead atoms. The van der Waals surface area contributed by atoms with Crippen LogP contribution in [0.3, 0.4) is 0 Å². The van der Waals surface area contributed by atoms with Gasteiger partial charge in [-0.1, -0.05) is 13.0 Å². The average Bonchev–Trinajstić information content (AvgIpc) is 3.14. The first kappa shape index (κ1) is 14.8. The first-order chi connectivity index (χ1) is 10.7. The van der Waals surface area contributed by atoms with Gasteiger partial charge in [-0.2, -0.15) is 0 Å². The lowest BCUT2D eigenvalue weighted by Crippen LogP contribution is -2.36. The third-order valence-electron chi connectivity index (χ3n) is 3.94. The molecular formula is C17H20N2O3. The van der Waals surface area contributed by atoms with Crippen LogP contribution in [0.15, 0.2) is 35.0 Å². The third-order valence-corrected chi connectivity index (χ3v) is 3.94. The maximum atomic E-state index is 12.5. The maximum Gasteiger partial charge on any atom is 0.287 e. The van der Waals surface area contributed by atoms with Gasteiger partial charge in [0.25, 0.3) is 5.91 Å². The second-order valence-electron chi connectivity index (χ2n) is 5.52. The van der Waals surface area contributed by atoms with E-state index in [0.29, 0.717) is 12.4 Å². The van der Waals surface area contributed by atoms with Gasteiger partial charge < -0.3 is 14.5 Å². The number of amides is 1. The number of aryl methyl sites for hydroxylation is 2.